The lowest BCUT2D eigenvalue weighted by Gasteiger charge is -2.15. The Morgan fingerprint density at radius 1 is 0.691 bits per heavy atom. The van der Waals surface area contributed by atoms with Crippen LogP contribution < -0.4 is 5.73 Å². The van der Waals surface area contributed by atoms with Crippen LogP contribution in [0.15, 0.2) is 184 Å². The van der Waals surface area contributed by atoms with Gasteiger partial charge in [0.15, 0.2) is 0 Å². The second-order valence-corrected chi connectivity index (χ2v) is 13.7. The molecule has 0 amide bonds. The molecule has 4 nitrogen and oxygen atoms in total. The van der Waals surface area contributed by atoms with Crippen LogP contribution in [-0.2, 0) is 6.42 Å². The number of furan rings is 2. The minimum Gasteiger partial charge on any atom is -0.456 e. The molecule has 8 aromatic rings. The van der Waals surface area contributed by atoms with E-state index < -0.39 is 0 Å². The summed E-state index contributed by atoms with van der Waals surface area (Å²) in [7, 11) is 0. The number of para-hydroxylation sites is 2. The summed E-state index contributed by atoms with van der Waals surface area (Å²) >= 11 is 0. The van der Waals surface area contributed by atoms with Crippen molar-refractivity contribution in [2.45, 2.75) is 26.2 Å². The molecule has 0 spiro atoms. The van der Waals surface area contributed by atoms with Crippen LogP contribution in [0, 0.1) is 6.92 Å². The smallest absolute Gasteiger partial charge is 0.136 e. The molecule has 2 heterocycles. The van der Waals surface area contributed by atoms with Crippen LogP contribution in [0.25, 0.3) is 66.8 Å². The number of allylic oxidation sites excluding steroid dienone is 7. The lowest BCUT2D eigenvalue weighted by atomic mass is 9.91. The molecule has 268 valence electrons. The minimum atomic E-state index is 0.679. The highest BCUT2D eigenvalue weighted by molar-refractivity contribution is 6.07. The molecule has 0 atom stereocenters. The second-order valence-electron chi connectivity index (χ2n) is 13.7. The van der Waals surface area contributed by atoms with E-state index in [1.165, 1.54) is 16.7 Å². The van der Waals surface area contributed by atoms with Crippen LogP contribution in [0.3, 0.4) is 0 Å². The van der Waals surface area contributed by atoms with Crippen molar-refractivity contribution in [3.05, 3.63) is 203 Å². The van der Waals surface area contributed by atoms with Gasteiger partial charge in [0.25, 0.3) is 0 Å². The van der Waals surface area contributed by atoms with Gasteiger partial charge in [-0.3, -0.25) is 4.99 Å². The fraction of sp³-hybridized carbons (Fsp3) is 0.0784. The summed E-state index contributed by atoms with van der Waals surface area (Å²) in [5.41, 5.74) is 19.5. The van der Waals surface area contributed by atoms with Gasteiger partial charge in [-0.2, -0.15) is 0 Å². The van der Waals surface area contributed by atoms with Crippen LogP contribution in [0.5, 0.6) is 0 Å². The van der Waals surface area contributed by atoms with Gasteiger partial charge in [0.05, 0.1) is 5.70 Å². The molecule has 1 aliphatic rings. The zero-order valence-corrected chi connectivity index (χ0v) is 30.9. The first-order valence-corrected chi connectivity index (χ1v) is 18.7. The summed E-state index contributed by atoms with van der Waals surface area (Å²) in [5.74, 6) is 0. The van der Waals surface area contributed by atoms with Gasteiger partial charge in [0.2, 0.25) is 0 Å². The van der Waals surface area contributed by atoms with Gasteiger partial charge in [-0.1, -0.05) is 133 Å². The summed E-state index contributed by atoms with van der Waals surface area (Å²) in [4.78, 5) is 4.42. The number of aryl methyl sites for hydroxylation is 2. The van der Waals surface area contributed by atoms with E-state index in [0.717, 1.165) is 90.3 Å². The Labute approximate surface area is 321 Å². The van der Waals surface area contributed by atoms with Gasteiger partial charge < -0.3 is 14.6 Å². The Morgan fingerprint density at radius 3 is 1.93 bits per heavy atom. The Hall–Kier alpha value is -6.91. The molecule has 0 unspecified atom stereocenters. The number of benzene rings is 6. The standard InChI is InChI=1S/C44H34N2O2.C7H8/c1-46-40(35-17-10-13-29-11-2-4-14-34(29)35)18-7-3-12-30(31-21-23-38-36-15-5-8-19-41(36)47-43(38)26-31)25-33(28-45)32-22-24-39-37-16-6-9-20-42(37)48-44(39)27-32;1-7-5-3-2-4-6-7/h3-6,8-10,12-28H,1-2,7,11,45H2;2-6H,1H3/b12-3+,30-25+,33-28+,40-18-;. The van der Waals surface area contributed by atoms with E-state index in [4.69, 9.17) is 14.6 Å². The fourth-order valence-corrected chi connectivity index (χ4v) is 7.29. The van der Waals surface area contributed by atoms with Gasteiger partial charge >= 0.3 is 0 Å². The third-order valence-electron chi connectivity index (χ3n) is 10.1. The Morgan fingerprint density at radius 2 is 1.31 bits per heavy atom. The van der Waals surface area contributed by atoms with Crippen LogP contribution in [0.2, 0.25) is 0 Å². The molecule has 9 rings (SSSR count). The Kier molecular flexibility index (Phi) is 10.2. The molecular weight excluding hydrogens is 673 g/mol. The lowest BCUT2D eigenvalue weighted by molar-refractivity contribution is 0.668. The highest BCUT2D eigenvalue weighted by atomic mass is 16.3. The molecule has 4 heteroatoms. The van der Waals surface area contributed by atoms with Crippen molar-refractivity contribution >= 4 is 73.5 Å². The molecule has 55 heavy (non-hydrogen) atoms. The van der Waals surface area contributed by atoms with E-state index in [-0.39, 0.29) is 0 Å². The first kappa shape index (κ1) is 35.1. The molecule has 0 saturated carbocycles. The largest absolute Gasteiger partial charge is 0.456 e. The van der Waals surface area contributed by atoms with Crippen LogP contribution >= 0.6 is 0 Å². The molecule has 1 aliphatic carbocycles. The average Bonchev–Trinajstić information content (AvgIpc) is 3.80. The first-order chi connectivity index (χ1) is 27.1. The number of aliphatic imine (C=N–C) groups is 1. The lowest BCUT2D eigenvalue weighted by Crippen LogP contribution is -1.98. The van der Waals surface area contributed by atoms with E-state index in [9.17, 15) is 0 Å². The number of fused-ring (bicyclic) bond motifs is 7. The van der Waals surface area contributed by atoms with Crippen LogP contribution in [-0.4, -0.2) is 6.72 Å². The summed E-state index contributed by atoms with van der Waals surface area (Å²) in [6, 6.07) is 45.6. The highest BCUT2D eigenvalue weighted by Gasteiger charge is 2.13. The number of nitrogens with two attached hydrogens (primary N) is 1. The van der Waals surface area contributed by atoms with Crippen LogP contribution in [0.1, 0.15) is 46.2 Å². The quantitative estimate of drug-likeness (QED) is 0.126. The van der Waals surface area contributed by atoms with Gasteiger partial charge in [-0.05, 0) is 109 Å². The average molecular weight is 715 g/mol. The summed E-state index contributed by atoms with van der Waals surface area (Å²) in [6.07, 6.45) is 17.5. The number of rotatable bonds is 8. The zero-order valence-electron chi connectivity index (χ0n) is 30.9. The highest BCUT2D eigenvalue weighted by Crippen LogP contribution is 2.35. The molecule has 0 radical (unpaired) electrons. The number of hydrogen-bond donors (Lipinski definition) is 1. The van der Waals surface area contributed by atoms with E-state index in [0.29, 0.717) is 6.42 Å². The molecular formula is C51H42N2O2. The Balaban J connectivity index is 0.000000551. The second kappa shape index (κ2) is 16.0. The van der Waals surface area contributed by atoms with E-state index >= 15 is 0 Å². The maximum Gasteiger partial charge on any atom is 0.136 e. The van der Waals surface area contributed by atoms with E-state index in [2.05, 4.69) is 134 Å². The summed E-state index contributed by atoms with van der Waals surface area (Å²) < 4.78 is 12.5. The van der Waals surface area contributed by atoms with Gasteiger partial charge in [-0.15, -0.1) is 0 Å². The van der Waals surface area contributed by atoms with Crippen LogP contribution in [0.4, 0.5) is 0 Å². The molecule has 0 bridgehead atoms. The SMILES string of the molecule is C=N/C(=C\C/C=C/C(=C\C(=C/N)c1ccc2c(c1)oc1ccccc12)c1ccc2c(c1)oc1ccccc12)c1cccc2c1C=CCC2.Cc1ccccc1. The van der Waals surface area contributed by atoms with E-state index in [1.807, 2.05) is 54.6 Å². The third kappa shape index (κ3) is 7.49. The normalized spacial score (nSPS) is 13.4. The van der Waals surface area contributed by atoms with Crippen molar-refractivity contribution in [2.24, 2.45) is 10.7 Å². The van der Waals surface area contributed by atoms with Crippen molar-refractivity contribution in [2.75, 3.05) is 0 Å². The summed E-state index contributed by atoms with van der Waals surface area (Å²) in [5, 5.41) is 4.38. The summed E-state index contributed by atoms with van der Waals surface area (Å²) in [6.45, 7) is 5.98. The van der Waals surface area contributed by atoms with Gasteiger partial charge in [0.1, 0.15) is 22.3 Å². The molecule has 2 aromatic heterocycles. The number of nitrogens with zero attached hydrogens (tertiary/aromatic N) is 1. The predicted octanol–water partition coefficient (Wildman–Crippen LogP) is 13.5. The molecule has 0 saturated heterocycles. The zero-order chi connectivity index (χ0) is 37.6. The monoisotopic (exact) mass is 714 g/mol. The van der Waals surface area contributed by atoms with Crippen molar-refractivity contribution in [1.82, 2.24) is 0 Å². The van der Waals surface area contributed by atoms with Crippen molar-refractivity contribution in [1.29, 1.82) is 0 Å². The molecule has 2 N–H and O–H groups in total. The van der Waals surface area contributed by atoms with Gasteiger partial charge in [-0.25, -0.2) is 0 Å². The number of hydrogen-bond acceptors (Lipinski definition) is 4. The van der Waals surface area contributed by atoms with E-state index in [1.54, 1.807) is 6.20 Å². The molecule has 6 aromatic carbocycles. The predicted molar refractivity (Wildman–Crippen MR) is 234 cm³/mol. The maximum absolute atomic E-state index is 6.31. The van der Waals surface area contributed by atoms with Gasteiger partial charge in [0, 0.05) is 33.3 Å². The van der Waals surface area contributed by atoms with Crippen molar-refractivity contribution in [3.63, 3.8) is 0 Å². The van der Waals surface area contributed by atoms with Crippen molar-refractivity contribution < 1.29 is 8.83 Å². The van der Waals surface area contributed by atoms with Crippen molar-refractivity contribution in [3.8, 4) is 0 Å². The third-order valence-corrected chi connectivity index (χ3v) is 10.1. The maximum atomic E-state index is 6.31. The Bertz CT molecular complexity index is 2820. The minimum absolute atomic E-state index is 0.679. The fourth-order valence-electron chi connectivity index (χ4n) is 7.29. The topological polar surface area (TPSA) is 64.7 Å². The molecule has 0 aliphatic heterocycles. The molecule has 0 fully saturated rings. The first-order valence-electron chi connectivity index (χ1n) is 18.7.